The molecule has 0 radical (unpaired) electrons. The Bertz CT molecular complexity index is 963. The van der Waals surface area contributed by atoms with E-state index in [0.29, 0.717) is 17.7 Å². The lowest BCUT2D eigenvalue weighted by Crippen LogP contribution is -2.49. The number of rotatable bonds is 4. The smallest absolute Gasteiger partial charge is 0.221 e. The molecule has 6 heteroatoms. The molecule has 2 aromatic rings. The molecule has 2 heterocycles. The topological polar surface area (TPSA) is 68.7 Å². The monoisotopic (exact) mass is 385 g/mol. The van der Waals surface area contributed by atoms with E-state index < -0.39 is 17.1 Å². The van der Waals surface area contributed by atoms with Crippen LogP contribution in [0.5, 0.6) is 11.6 Å². The molecule has 1 aliphatic rings. The third-order valence-corrected chi connectivity index (χ3v) is 4.73. The summed E-state index contributed by atoms with van der Waals surface area (Å²) in [6.45, 7) is 8.78. The summed E-state index contributed by atoms with van der Waals surface area (Å²) in [6.07, 6.45) is 0.652. The molecule has 3 rings (SSSR count). The summed E-state index contributed by atoms with van der Waals surface area (Å²) < 4.78 is 24.8. The lowest BCUT2D eigenvalue weighted by atomic mass is 9.81. The number of aromatic nitrogens is 1. The molecule has 0 unspecified atom stereocenters. The minimum Gasteiger partial charge on any atom is -0.508 e. The number of ether oxygens (including phenoxy) is 2. The first-order valence-electron chi connectivity index (χ1n) is 9.17. The number of ketones is 1. The molecule has 0 spiro atoms. The minimum atomic E-state index is -1.09. The van der Waals surface area contributed by atoms with Crippen LogP contribution in [0.1, 0.15) is 45.7 Å². The number of aliphatic hydroxyl groups excluding tert-OH is 1. The summed E-state index contributed by atoms with van der Waals surface area (Å²) in [5.74, 6) is -0.577. The summed E-state index contributed by atoms with van der Waals surface area (Å²) >= 11 is 0. The largest absolute Gasteiger partial charge is 0.508 e. The number of benzene rings is 1. The minimum absolute atomic E-state index is 0.104. The zero-order valence-electron chi connectivity index (χ0n) is 16.7. The Kier molecular flexibility index (Phi) is 5.02. The van der Waals surface area contributed by atoms with Gasteiger partial charge in [-0.2, -0.15) is 9.37 Å². The number of Topliss-reactive ketones (excluding diaryl/α,β-unsaturated/α-hetero) is 1. The van der Waals surface area contributed by atoms with Gasteiger partial charge in [0.05, 0.1) is 5.57 Å². The van der Waals surface area contributed by atoms with E-state index >= 15 is 0 Å². The van der Waals surface area contributed by atoms with Gasteiger partial charge in [-0.1, -0.05) is 19.1 Å². The maximum Gasteiger partial charge on any atom is 0.221 e. The second kappa shape index (κ2) is 7.02. The quantitative estimate of drug-likeness (QED) is 0.750. The number of carbonyl (C=O) groups is 1. The number of aliphatic hydroxyl groups is 1. The summed E-state index contributed by atoms with van der Waals surface area (Å²) in [6, 6.07) is 9.50. The number of carbonyl (C=O) groups excluding carboxylic acids is 1. The van der Waals surface area contributed by atoms with E-state index in [1.165, 1.54) is 12.1 Å². The van der Waals surface area contributed by atoms with Gasteiger partial charge in [-0.05, 0) is 63.4 Å². The number of hydrogen-bond donors (Lipinski definition) is 1. The van der Waals surface area contributed by atoms with Gasteiger partial charge in [-0.25, -0.2) is 0 Å². The molecule has 28 heavy (non-hydrogen) atoms. The zero-order valence-corrected chi connectivity index (χ0v) is 16.7. The Morgan fingerprint density at radius 1 is 1.14 bits per heavy atom. The van der Waals surface area contributed by atoms with Crippen molar-refractivity contribution in [3.8, 4) is 11.6 Å². The lowest BCUT2D eigenvalue weighted by Gasteiger charge is -2.40. The summed E-state index contributed by atoms with van der Waals surface area (Å²) in [5, 5.41) is 10.8. The fourth-order valence-corrected chi connectivity index (χ4v) is 3.42. The second-order valence-corrected chi connectivity index (χ2v) is 7.75. The first-order valence-corrected chi connectivity index (χ1v) is 9.17. The highest BCUT2D eigenvalue weighted by atomic mass is 19.1. The van der Waals surface area contributed by atoms with Crippen molar-refractivity contribution < 1.29 is 23.8 Å². The van der Waals surface area contributed by atoms with Gasteiger partial charge in [-0.15, -0.1) is 0 Å². The normalized spacial score (nSPS) is 18.3. The summed E-state index contributed by atoms with van der Waals surface area (Å²) in [5.41, 5.74) is -0.433. The van der Waals surface area contributed by atoms with Gasteiger partial charge < -0.3 is 14.6 Å². The van der Waals surface area contributed by atoms with E-state index in [9.17, 15) is 14.3 Å². The van der Waals surface area contributed by atoms with E-state index in [1.807, 2.05) is 13.0 Å². The number of aryl methyl sites for hydroxylation is 1. The van der Waals surface area contributed by atoms with E-state index in [1.54, 1.807) is 45.9 Å². The maximum absolute atomic E-state index is 13.3. The van der Waals surface area contributed by atoms with E-state index in [-0.39, 0.29) is 23.0 Å². The Morgan fingerprint density at radius 2 is 1.86 bits per heavy atom. The predicted octanol–water partition coefficient (Wildman–Crippen LogP) is 5.00. The van der Waals surface area contributed by atoms with Crippen molar-refractivity contribution >= 4 is 11.4 Å². The first kappa shape index (κ1) is 20.0. The number of nitrogens with zero attached hydrogens (tertiary/aromatic N) is 1. The summed E-state index contributed by atoms with van der Waals surface area (Å²) in [7, 11) is 0. The van der Waals surface area contributed by atoms with Crippen molar-refractivity contribution in [2.75, 3.05) is 0 Å². The van der Waals surface area contributed by atoms with Gasteiger partial charge in [-0.3, -0.25) is 4.79 Å². The molecule has 1 aromatic heterocycles. The van der Waals surface area contributed by atoms with Crippen LogP contribution >= 0.6 is 0 Å². The van der Waals surface area contributed by atoms with Gasteiger partial charge in [0, 0.05) is 6.07 Å². The molecule has 0 saturated heterocycles. The van der Waals surface area contributed by atoms with E-state index in [0.717, 1.165) is 5.56 Å². The van der Waals surface area contributed by atoms with Crippen LogP contribution in [0.4, 0.5) is 4.39 Å². The number of pyridine rings is 1. The molecular formula is C22H24FNO4. The second-order valence-electron chi connectivity index (χ2n) is 7.75. The molecule has 0 fully saturated rings. The molecule has 0 aliphatic carbocycles. The highest BCUT2D eigenvalue weighted by Gasteiger charge is 2.47. The van der Waals surface area contributed by atoms with Gasteiger partial charge in [0.25, 0.3) is 0 Å². The van der Waals surface area contributed by atoms with E-state index in [4.69, 9.17) is 9.47 Å². The molecule has 0 bridgehead atoms. The Morgan fingerprint density at radius 3 is 2.50 bits per heavy atom. The Balaban J connectivity index is 2.13. The van der Waals surface area contributed by atoms with Crippen LogP contribution < -0.4 is 4.74 Å². The zero-order chi connectivity index (χ0) is 20.7. The van der Waals surface area contributed by atoms with Crippen LogP contribution in [-0.2, 0) is 16.0 Å². The van der Waals surface area contributed by atoms with Crippen molar-refractivity contribution in [1.82, 2.24) is 4.98 Å². The summed E-state index contributed by atoms with van der Waals surface area (Å²) in [4.78, 5) is 16.8. The molecule has 1 aromatic carbocycles. The van der Waals surface area contributed by atoms with Crippen LogP contribution in [0.25, 0.3) is 5.57 Å². The highest BCUT2D eigenvalue weighted by Crippen LogP contribution is 2.41. The third kappa shape index (κ3) is 3.64. The van der Waals surface area contributed by atoms with E-state index in [2.05, 4.69) is 4.98 Å². The fourth-order valence-electron chi connectivity index (χ4n) is 3.42. The predicted molar refractivity (Wildman–Crippen MR) is 104 cm³/mol. The molecule has 0 saturated carbocycles. The third-order valence-electron chi connectivity index (χ3n) is 4.73. The molecule has 1 aliphatic heterocycles. The Labute approximate surface area is 163 Å². The molecule has 5 nitrogen and oxygen atoms in total. The van der Waals surface area contributed by atoms with Crippen molar-refractivity contribution in [2.24, 2.45) is 0 Å². The van der Waals surface area contributed by atoms with Gasteiger partial charge in [0.1, 0.15) is 22.7 Å². The van der Waals surface area contributed by atoms with Crippen LogP contribution in [0.3, 0.4) is 0 Å². The van der Waals surface area contributed by atoms with Crippen LogP contribution in [0.15, 0.2) is 42.2 Å². The number of halogens is 1. The molecule has 0 amide bonds. The highest BCUT2D eigenvalue weighted by molar-refractivity contribution is 6.26. The molecular weight excluding hydrogens is 361 g/mol. The van der Waals surface area contributed by atoms with Crippen molar-refractivity contribution in [2.45, 2.75) is 52.2 Å². The standard InChI is InChI=1S/C22H24FNO4/c1-6-13-10-11-14(27-17-9-7-8-16(23)24-17)12-15(13)18-19(25)21(2,3)28-22(4,5)20(18)26/h7-12,25H,6H2,1-5H3. The molecule has 148 valence electrons. The average Bonchev–Trinajstić information content (AvgIpc) is 2.60. The van der Waals surface area contributed by atoms with Crippen molar-refractivity contribution in [3.05, 3.63) is 59.2 Å². The van der Waals surface area contributed by atoms with Crippen LogP contribution in [0, 0.1) is 5.95 Å². The molecule has 1 N–H and O–H groups in total. The lowest BCUT2D eigenvalue weighted by molar-refractivity contribution is -0.158. The Hall–Kier alpha value is -2.73. The SMILES string of the molecule is CCc1ccc(Oc2cccc(F)n2)cc1C1=C(O)C(C)(C)OC(C)(C)C1=O. The van der Waals surface area contributed by atoms with Gasteiger partial charge in [0.15, 0.2) is 5.78 Å². The van der Waals surface area contributed by atoms with Gasteiger partial charge in [0.2, 0.25) is 11.8 Å². The average molecular weight is 385 g/mol. The fraction of sp³-hybridized carbons (Fsp3) is 0.364. The first-order chi connectivity index (χ1) is 13.0. The van der Waals surface area contributed by atoms with Gasteiger partial charge >= 0.3 is 0 Å². The van der Waals surface area contributed by atoms with Crippen LogP contribution in [0.2, 0.25) is 0 Å². The van der Waals surface area contributed by atoms with Crippen LogP contribution in [-0.4, -0.2) is 27.1 Å². The van der Waals surface area contributed by atoms with Crippen molar-refractivity contribution in [1.29, 1.82) is 0 Å². The van der Waals surface area contributed by atoms with Crippen molar-refractivity contribution in [3.63, 3.8) is 0 Å². The maximum atomic E-state index is 13.3. The molecule has 0 atom stereocenters. The number of hydrogen-bond acceptors (Lipinski definition) is 5.